The zero-order chi connectivity index (χ0) is 26.1. The number of aliphatic imine (C=N–C) groups is 1. The summed E-state index contributed by atoms with van der Waals surface area (Å²) >= 11 is 0. The van der Waals surface area contributed by atoms with Crippen LogP contribution in [0.15, 0.2) is 29.3 Å². The van der Waals surface area contributed by atoms with Crippen molar-refractivity contribution in [3.8, 4) is 5.75 Å². The molecule has 1 aromatic carbocycles. The van der Waals surface area contributed by atoms with Crippen LogP contribution >= 0.6 is 0 Å². The van der Waals surface area contributed by atoms with Crippen LogP contribution in [0.1, 0.15) is 44.1 Å². The van der Waals surface area contributed by atoms with Gasteiger partial charge in [0.05, 0.1) is 11.7 Å². The monoisotopic (exact) mass is 510 g/mol. The van der Waals surface area contributed by atoms with Gasteiger partial charge in [-0.2, -0.15) is 13.2 Å². The van der Waals surface area contributed by atoms with E-state index in [0.717, 1.165) is 64.4 Å². The van der Waals surface area contributed by atoms with Gasteiger partial charge in [0.25, 0.3) is 0 Å². The Balaban J connectivity index is 1.34. The number of piperazine rings is 1. The summed E-state index contributed by atoms with van der Waals surface area (Å²) in [5, 5.41) is 8.25. The number of hydrogen-bond acceptors (Lipinski definition) is 5. The first-order valence-corrected chi connectivity index (χ1v) is 12.5. The molecule has 0 radical (unpaired) electrons. The third-order valence-electron chi connectivity index (χ3n) is 6.80. The van der Waals surface area contributed by atoms with Crippen molar-refractivity contribution in [2.75, 3.05) is 59.0 Å². The molecule has 3 rings (SSSR count). The third-order valence-corrected chi connectivity index (χ3v) is 6.80. The topological polar surface area (TPSA) is 98.2 Å². The SMILES string of the molecule is CC(=O)N1CCN(CCOc2ccc(C3CCN(C(=N)CCC(N)=NCC(F)(F)F)CC3)cc2)CC1. The normalized spacial score (nSPS) is 18.4. The van der Waals surface area contributed by atoms with Crippen molar-refractivity contribution in [1.82, 2.24) is 14.7 Å². The molecule has 8 nitrogen and oxygen atoms in total. The maximum absolute atomic E-state index is 12.2. The molecule has 2 heterocycles. The fraction of sp³-hybridized carbons (Fsp3) is 0.640. The maximum Gasteiger partial charge on any atom is 0.408 e. The highest BCUT2D eigenvalue weighted by atomic mass is 19.4. The molecule has 2 aliphatic rings. The van der Waals surface area contributed by atoms with Crippen molar-refractivity contribution in [3.63, 3.8) is 0 Å². The van der Waals surface area contributed by atoms with Crippen LogP contribution in [0.2, 0.25) is 0 Å². The van der Waals surface area contributed by atoms with Crippen LogP contribution < -0.4 is 10.5 Å². The third kappa shape index (κ3) is 9.00. The Morgan fingerprint density at radius 3 is 2.28 bits per heavy atom. The van der Waals surface area contributed by atoms with Crippen LogP contribution in [0.4, 0.5) is 13.2 Å². The summed E-state index contributed by atoms with van der Waals surface area (Å²) in [6.07, 6.45) is -2.10. The molecule has 36 heavy (non-hydrogen) atoms. The lowest BCUT2D eigenvalue weighted by molar-refractivity contribution is -0.130. The van der Waals surface area contributed by atoms with E-state index in [0.29, 0.717) is 18.4 Å². The van der Waals surface area contributed by atoms with E-state index >= 15 is 0 Å². The fourth-order valence-electron chi connectivity index (χ4n) is 4.57. The van der Waals surface area contributed by atoms with E-state index in [9.17, 15) is 18.0 Å². The number of benzene rings is 1. The number of nitrogens with one attached hydrogen (secondary N) is 1. The van der Waals surface area contributed by atoms with Gasteiger partial charge >= 0.3 is 6.18 Å². The lowest BCUT2D eigenvalue weighted by Gasteiger charge is -2.34. The van der Waals surface area contributed by atoms with Crippen molar-refractivity contribution in [2.24, 2.45) is 10.7 Å². The van der Waals surface area contributed by atoms with Crippen molar-refractivity contribution in [1.29, 1.82) is 5.41 Å². The first kappa shape index (κ1) is 27.8. The number of ether oxygens (including phenoxy) is 1. The Kier molecular flexibility index (Phi) is 9.98. The Bertz CT molecular complexity index is 890. The molecule has 0 spiro atoms. The van der Waals surface area contributed by atoms with E-state index in [-0.39, 0.29) is 24.6 Å². The lowest BCUT2D eigenvalue weighted by atomic mass is 9.89. The van der Waals surface area contributed by atoms with Crippen LogP contribution in [-0.4, -0.2) is 97.4 Å². The van der Waals surface area contributed by atoms with Gasteiger partial charge in [0.2, 0.25) is 5.91 Å². The van der Waals surface area contributed by atoms with E-state index in [1.807, 2.05) is 21.9 Å². The number of nitrogens with zero attached hydrogens (tertiary/aromatic N) is 4. The number of piperidine rings is 1. The predicted molar refractivity (Wildman–Crippen MR) is 134 cm³/mol. The van der Waals surface area contributed by atoms with Gasteiger partial charge < -0.3 is 20.3 Å². The molecule has 200 valence electrons. The lowest BCUT2D eigenvalue weighted by Crippen LogP contribution is -2.48. The van der Waals surface area contributed by atoms with Crippen molar-refractivity contribution in [2.45, 2.75) is 44.7 Å². The van der Waals surface area contributed by atoms with Gasteiger partial charge in [-0.1, -0.05) is 12.1 Å². The Hall–Kier alpha value is -2.82. The molecule has 0 unspecified atom stereocenters. The number of amidine groups is 2. The molecule has 0 saturated carbocycles. The van der Waals surface area contributed by atoms with Gasteiger partial charge in [-0.25, -0.2) is 0 Å². The average molecular weight is 511 g/mol. The van der Waals surface area contributed by atoms with Gasteiger partial charge in [-0.15, -0.1) is 0 Å². The molecule has 0 aromatic heterocycles. The van der Waals surface area contributed by atoms with Crippen molar-refractivity contribution >= 4 is 17.6 Å². The molecule has 1 aromatic rings. The molecule has 0 bridgehead atoms. The summed E-state index contributed by atoms with van der Waals surface area (Å²) in [4.78, 5) is 20.9. The van der Waals surface area contributed by atoms with E-state index in [1.165, 1.54) is 5.56 Å². The standard InChI is InChI=1S/C25H37F3N6O2/c1-19(35)33-14-12-32(13-15-33)16-17-36-22-4-2-20(3-5-22)21-8-10-34(11-9-21)24(30)7-6-23(29)31-18-25(26,27)28/h2-5,21,30H,6-18H2,1H3,(H2,29,31). The highest BCUT2D eigenvalue weighted by Gasteiger charge is 2.27. The second-order valence-corrected chi connectivity index (χ2v) is 9.40. The Labute approximate surface area is 210 Å². The zero-order valence-electron chi connectivity index (χ0n) is 20.9. The number of halogens is 3. The summed E-state index contributed by atoms with van der Waals surface area (Å²) in [5.74, 6) is 1.70. The highest BCUT2D eigenvalue weighted by Crippen LogP contribution is 2.29. The largest absolute Gasteiger partial charge is 0.492 e. The minimum atomic E-state index is -4.36. The summed E-state index contributed by atoms with van der Waals surface area (Å²) in [7, 11) is 0. The first-order valence-electron chi connectivity index (χ1n) is 12.5. The number of likely N-dealkylation sites (tertiary alicyclic amines) is 1. The van der Waals surface area contributed by atoms with Crippen LogP contribution in [-0.2, 0) is 4.79 Å². The van der Waals surface area contributed by atoms with Gasteiger partial charge in [-0.05, 0) is 36.5 Å². The second-order valence-electron chi connectivity index (χ2n) is 9.40. The fourth-order valence-corrected chi connectivity index (χ4v) is 4.57. The molecular weight excluding hydrogens is 473 g/mol. The number of carbonyl (C=O) groups excluding carboxylic acids is 1. The molecular formula is C25H37F3N6O2. The smallest absolute Gasteiger partial charge is 0.408 e. The molecule has 1 amide bonds. The zero-order valence-corrected chi connectivity index (χ0v) is 20.9. The summed E-state index contributed by atoms with van der Waals surface area (Å²) in [6.45, 7) is 6.52. The molecule has 0 atom stereocenters. The van der Waals surface area contributed by atoms with Crippen LogP contribution in [0, 0.1) is 5.41 Å². The molecule has 2 fully saturated rings. The molecule has 2 saturated heterocycles. The van der Waals surface area contributed by atoms with Gasteiger partial charge in [-0.3, -0.25) is 20.1 Å². The summed E-state index contributed by atoms with van der Waals surface area (Å²) in [5.41, 5.74) is 6.81. The van der Waals surface area contributed by atoms with Crippen molar-refractivity contribution in [3.05, 3.63) is 29.8 Å². The van der Waals surface area contributed by atoms with Gasteiger partial charge in [0, 0.05) is 65.6 Å². The number of rotatable bonds is 9. The maximum atomic E-state index is 12.2. The Morgan fingerprint density at radius 1 is 1.06 bits per heavy atom. The Morgan fingerprint density at radius 2 is 1.69 bits per heavy atom. The van der Waals surface area contributed by atoms with E-state index < -0.39 is 12.7 Å². The van der Waals surface area contributed by atoms with Crippen LogP contribution in [0.25, 0.3) is 0 Å². The highest BCUT2D eigenvalue weighted by molar-refractivity contribution is 5.87. The minimum absolute atomic E-state index is 0.0650. The van der Waals surface area contributed by atoms with E-state index in [1.54, 1.807) is 6.92 Å². The number of hydrogen-bond donors (Lipinski definition) is 2. The molecule has 0 aliphatic carbocycles. The van der Waals surface area contributed by atoms with E-state index in [4.69, 9.17) is 15.9 Å². The van der Waals surface area contributed by atoms with Crippen LogP contribution in [0.5, 0.6) is 5.75 Å². The second kappa shape index (κ2) is 12.9. The summed E-state index contributed by atoms with van der Waals surface area (Å²) < 4.78 is 42.6. The van der Waals surface area contributed by atoms with Gasteiger partial charge in [0.1, 0.15) is 18.9 Å². The molecule has 11 heteroatoms. The van der Waals surface area contributed by atoms with Crippen LogP contribution in [0.3, 0.4) is 0 Å². The number of nitrogens with two attached hydrogens (primary N) is 1. The average Bonchev–Trinajstić information content (AvgIpc) is 2.86. The van der Waals surface area contributed by atoms with Gasteiger partial charge in [0.15, 0.2) is 0 Å². The van der Waals surface area contributed by atoms with E-state index in [2.05, 4.69) is 22.0 Å². The number of amides is 1. The number of carbonyl (C=O) groups is 1. The summed E-state index contributed by atoms with van der Waals surface area (Å²) in [6, 6.07) is 8.20. The predicted octanol–water partition coefficient (Wildman–Crippen LogP) is 3.09. The quantitative estimate of drug-likeness (QED) is 0.393. The molecule has 2 aliphatic heterocycles. The first-order chi connectivity index (χ1) is 17.1. The van der Waals surface area contributed by atoms with Crippen molar-refractivity contribution < 1.29 is 22.7 Å². The number of alkyl halides is 3. The minimum Gasteiger partial charge on any atom is -0.492 e. The molecule has 3 N–H and O–H groups in total.